The zero-order valence-electron chi connectivity index (χ0n) is 24.6. The Bertz CT molecular complexity index is 1650. The van der Waals surface area contributed by atoms with Crippen molar-refractivity contribution in [2.24, 2.45) is 7.05 Å². The Morgan fingerprint density at radius 3 is 2.67 bits per heavy atom. The number of carbonyl (C=O) groups is 2. The molecule has 0 spiro atoms. The Morgan fingerprint density at radius 2 is 1.91 bits per heavy atom. The second-order valence-corrected chi connectivity index (χ2v) is 11.0. The highest BCUT2D eigenvalue weighted by atomic mass is 19.1. The summed E-state index contributed by atoms with van der Waals surface area (Å²) < 4.78 is 30.4. The van der Waals surface area contributed by atoms with Crippen molar-refractivity contribution in [3.05, 3.63) is 83.2 Å². The second-order valence-electron chi connectivity index (χ2n) is 11.0. The molecule has 10 nitrogen and oxygen atoms in total. The van der Waals surface area contributed by atoms with Gasteiger partial charge in [0.25, 0.3) is 5.91 Å². The van der Waals surface area contributed by atoms with E-state index in [-0.39, 0.29) is 36.0 Å². The fraction of sp³-hybridized carbons (Fsp3) is 0.406. The van der Waals surface area contributed by atoms with Crippen LogP contribution in [0.25, 0.3) is 16.8 Å². The summed E-state index contributed by atoms with van der Waals surface area (Å²) in [5.74, 6) is -1.24. The van der Waals surface area contributed by atoms with Crippen LogP contribution in [0.4, 0.5) is 4.39 Å². The molecular weight excluding hydrogens is 551 g/mol. The first-order valence-corrected chi connectivity index (χ1v) is 14.8. The van der Waals surface area contributed by atoms with Crippen LogP contribution in [0.3, 0.4) is 0 Å². The van der Waals surface area contributed by atoms with Gasteiger partial charge in [-0.25, -0.2) is 13.9 Å². The Hall–Kier alpha value is -4.38. The van der Waals surface area contributed by atoms with Gasteiger partial charge in [0.05, 0.1) is 48.1 Å². The maximum Gasteiger partial charge on any atom is 0.341 e. The minimum atomic E-state index is -0.565. The number of esters is 1. The third kappa shape index (κ3) is 5.56. The fourth-order valence-electron chi connectivity index (χ4n) is 6.06. The van der Waals surface area contributed by atoms with E-state index in [1.807, 2.05) is 38.4 Å². The lowest BCUT2D eigenvalue weighted by molar-refractivity contribution is 0.0524. The van der Waals surface area contributed by atoms with Gasteiger partial charge < -0.3 is 14.4 Å². The summed E-state index contributed by atoms with van der Waals surface area (Å²) in [4.78, 5) is 28.1. The highest BCUT2D eigenvalue weighted by Gasteiger charge is 2.46. The van der Waals surface area contributed by atoms with E-state index in [0.29, 0.717) is 42.1 Å². The molecule has 1 amide bonds. The summed E-state index contributed by atoms with van der Waals surface area (Å²) in [6.45, 7) is 5.53. The number of amides is 1. The normalized spacial score (nSPS) is 19.5. The zero-order valence-corrected chi connectivity index (χ0v) is 24.6. The summed E-state index contributed by atoms with van der Waals surface area (Å²) in [6.07, 6.45) is 5.91. The number of hydrogen-bond donors (Lipinski definition) is 0. The van der Waals surface area contributed by atoms with Crippen molar-refractivity contribution < 1.29 is 23.5 Å². The molecule has 1 saturated heterocycles. The quantitative estimate of drug-likeness (QED) is 0.244. The standard InChI is InChI=1S/C32H35FN6O4/c1-4-42-19-22-11-8-14-38(22)31(40)24-13-7-12-23(29(24)33)20-9-6-10-21(15-20)39-30(27(17-34-39)32(41)43-5-2)26-16-25(26)28-18-37(3)36-35-28/h6-7,9-10,12-13,15,17-18,22,25-26H,4-5,8,11,14,16,19H2,1-3H3/t22-,25+,26+/m0/s1. The number of aromatic nitrogens is 5. The van der Waals surface area contributed by atoms with Crippen LogP contribution in [-0.2, 0) is 16.5 Å². The summed E-state index contributed by atoms with van der Waals surface area (Å²) >= 11 is 0. The molecule has 0 bridgehead atoms. The lowest BCUT2D eigenvalue weighted by Gasteiger charge is -2.25. The van der Waals surface area contributed by atoms with Crippen molar-refractivity contribution in [3.63, 3.8) is 0 Å². The number of aryl methyl sites for hydroxylation is 1. The highest BCUT2D eigenvalue weighted by molar-refractivity contribution is 5.96. The van der Waals surface area contributed by atoms with Crippen molar-refractivity contribution in [2.75, 3.05) is 26.4 Å². The van der Waals surface area contributed by atoms with Crippen molar-refractivity contribution in [1.29, 1.82) is 0 Å². The Labute approximate surface area is 249 Å². The van der Waals surface area contributed by atoms with Crippen LogP contribution < -0.4 is 0 Å². The topological polar surface area (TPSA) is 104 Å². The van der Waals surface area contributed by atoms with E-state index < -0.39 is 11.8 Å². The molecule has 224 valence electrons. The molecule has 6 rings (SSSR count). The zero-order chi connectivity index (χ0) is 30.1. The van der Waals surface area contributed by atoms with E-state index in [1.54, 1.807) is 39.4 Å². The van der Waals surface area contributed by atoms with Crippen LogP contribution in [-0.4, -0.2) is 74.0 Å². The molecule has 3 atom stereocenters. The van der Waals surface area contributed by atoms with Gasteiger partial charge in [-0.15, -0.1) is 5.10 Å². The molecule has 43 heavy (non-hydrogen) atoms. The lowest BCUT2D eigenvalue weighted by Crippen LogP contribution is -2.38. The monoisotopic (exact) mass is 586 g/mol. The van der Waals surface area contributed by atoms with Crippen molar-refractivity contribution in [1.82, 2.24) is 29.7 Å². The molecule has 0 unspecified atom stereocenters. The molecule has 1 aliphatic carbocycles. The predicted octanol–water partition coefficient (Wildman–Crippen LogP) is 4.90. The van der Waals surface area contributed by atoms with Gasteiger partial charge in [-0.05, 0) is 56.9 Å². The molecular formula is C32H35FN6O4. The molecule has 2 aromatic carbocycles. The van der Waals surface area contributed by atoms with Gasteiger partial charge in [0.1, 0.15) is 11.4 Å². The van der Waals surface area contributed by atoms with E-state index in [2.05, 4.69) is 15.4 Å². The average Bonchev–Trinajstić information content (AvgIpc) is 3.33. The molecule has 0 N–H and O–H groups in total. The van der Waals surface area contributed by atoms with Crippen molar-refractivity contribution in [2.45, 2.75) is 51.0 Å². The maximum atomic E-state index is 16.1. The van der Waals surface area contributed by atoms with Gasteiger partial charge in [-0.2, -0.15) is 5.10 Å². The molecule has 2 aromatic heterocycles. The first-order valence-electron chi connectivity index (χ1n) is 14.8. The number of hydrogen-bond acceptors (Lipinski definition) is 7. The van der Waals surface area contributed by atoms with Crippen LogP contribution in [0.15, 0.2) is 54.9 Å². The molecule has 11 heteroatoms. The molecule has 3 heterocycles. The summed E-state index contributed by atoms with van der Waals surface area (Å²) in [5.41, 5.74) is 3.60. The van der Waals surface area contributed by atoms with Gasteiger partial charge in [0.2, 0.25) is 0 Å². The van der Waals surface area contributed by atoms with Crippen molar-refractivity contribution >= 4 is 11.9 Å². The molecule has 2 aliphatic rings. The van der Waals surface area contributed by atoms with Gasteiger partial charge in [-0.3, -0.25) is 9.48 Å². The number of likely N-dealkylation sites (tertiary alicyclic amines) is 1. The van der Waals surface area contributed by atoms with E-state index in [9.17, 15) is 9.59 Å². The van der Waals surface area contributed by atoms with Crippen LogP contribution in [0.1, 0.15) is 77.0 Å². The molecule has 2 fully saturated rings. The summed E-state index contributed by atoms with van der Waals surface area (Å²) in [7, 11) is 1.82. The van der Waals surface area contributed by atoms with Gasteiger partial charge in [-0.1, -0.05) is 29.5 Å². The number of carbonyl (C=O) groups excluding carboxylic acids is 2. The first kappa shape index (κ1) is 28.7. The fourth-order valence-corrected chi connectivity index (χ4v) is 6.06. The predicted molar refractivity (Wildman–Crippen MR) is 157 cm³/mol. The summed E-state index contributed by atoms with van der Waals surface area (Å²) in [5, 5.41) is 12.9. The maximum absolute atomic E-state index is 16.1. The van der Waals surface area contributed by atoms with E-state index >= 15 is 4.39 Å². The number of halogens is 1. The average molecular weight is 587 g/mol. The molecule has 1 aliphatic heterocycles. The van der Waals surface area contributed by atoms with Gasteiger partial charge >= 0.3 is 5.97 Å². The Balaban J connectivity index is 1.33. The van der Waals surface area contributed by atoms with Crippen LogP contribution in [0.2, 0.25) is 0 Å². The summed E-state index contributed by atoms with van der Waals surface area (Å²) in [6, 6.07) is 12.2. The highest BCUT2D eigenvalue weighted by Crippen LogP contribution is 2.55. The molecule has 1 saturated carbocycles. The third-order valence-electron chi connectivity index (χ3n) is 8.23. The number of ether oxygens (including phenoxy) is 2. The molecule has 4 aromatic rings. The minimum Gasteiger partial charge on any atom is -0.462 e. The largest absolute Gasteiger partial charge is 0.462 e. The van der Waals surface area contributed by atoms with E-state index in [0.717, 1.165) is 30.7 Å². The van der Waals surface area contributed by atoms with Crippen LogP contribution in [0.5, 0.6) is 0 Å². The van der Waals surface area contributed by atoms with Crippen LogP contribution >= 0.6 is 0 Å². The first-order chi connectivity index (χ1) is 20.9. The number of nitrogens with zero attached hydrogens (tertiary/aromatic N) is 6. The lowest BCUT2D eigenvalue weighted by atomic mass is 10.0. The number of rotatable bonds is 10. The SMILES string of the molecule is CCOC[C@@H]1CCCN1C(=O)c1cccc(-c2cccc(-n3ncc(C(=O)OCC)c3[C@@H]3C[C@H]3c3cn(C)nn3)c2)c1F. The second kappa shape index (κ2) is 12.1. The van der Waals surface area contributed by atoms with Crippen LogP contribution in [0, 0.1) is 5.82 Å². The third-order valence-corrected chi connectivity index (χ3v) is 8.23. The van der Waals surface area contributed by atoms with E-state index in [4.69, 9.17) is 9.47 Å². The minimum absolute atomic E-state index is 0.00922. The Morgan fingerprint density at radius 1 is 1.07 bits per heavy atom. The smallest absolute Gasteiger partial charge is 0.341 e. The molecule has 0 radical (unpaired) electrons. The number of benzene rings is 2. The van der Waals surface area contributed by atoms with Gasteiger partial charge in [0, 0.05) is 43.8 Å². The van der Waals surface area contributed by atoms with E-state index in [1.165, 1.54) is 12.3 Å². The van der Waals surface area contributed by atoms with Gasteiger partial charge in [0.15, 0.2) is 0 Å². The van der Waals surface area contributed by atoms with Crippen molar-refractivity contribution in [3.8, 4) is 16.8 Å². The Kier molecular flexibility index (Phi) is 8.07.